The second-order valence-electron chi connectivity index (χ2n) is 7.98. The van der Waals surface area contributed by atoms with Gasteiger partial charge in [0.1, 0.15) is 10.7 Å². The number of nitrogens with zero attached hydrogens (tertiary/aromatic N) is 3. The molecule has 0 bridgehead atoms. The highest BCUT2D eigenvalue weighted by Crippen LogP contribution is 2.42. The summed E-state index contributed by atoms with van der Waals surface area (Å²) in [5.41, 5.74) is 7.97. The van der Waals surface area contributed by atoms with E-state index in [9.17, 15) is 8.42 Å². The number of rotatable bonds is 5. The predicted octanol–water partition coefficient (Wildman–Crippen LogP) is 5.95. The van der Waals surface area contributed by atoms with Crippen molar-refractivity contribution < 1.29 is 8.42 Å². The number of aromatic nitrogens is 3. The third-order valence-electron chi connectivity index (χ3n) is 4.70. The summed E-state index contributed by atoms with van der Waals surface area (Å²) in [5.74, 6) is 0.0522. The van der Waals surface area contributed by atoms with Crippen LogP contribution in [0.1, 0.15) is 20.8 Å². The number of sulfone groups is 1. The second kappa shape index (κ2) is 8.55. The summed E-state index contributed by atoms with van der Waals surface area (Å²) in [5, 5.41) is 5.43. The largest absolute Gasteiger partial charge is 0.382 e. The average molecular weight is 505 g/mol. The van der Waals surface area contributed by atoms with Crippen LogP contribution in [-0.2, 0) is 9.84 Å². The molecule has 0 fully saturated rings. The Morgan fingerprint density at radius 2 is 1.72 bits per heavy atom. The Hall–Kier alpha value is -2.33. The topological polar surface area (TPSA) is 90.9 Å². The number of benzene rings is 2. The van der Waals surface area contributed by atoms with Crippen molar-refractivity contribution in [3.8, 4) is 16.4 Å². The van der Waals surface area contributed by atoms with Gasteiger partial charge in [-0.05, 0) is 45.0 Å². The summed E-state index contributed by atoms with van der Waals surface area (Å²) >= 11 is 8.97. The van der Waals surface area contributed by atoms with E-state index in [0.717, 1.165) is 20.4 Å². The Kier molecular flexibility index (Phi) is 6.10. The van der Waals surface area contributed by atoms with Crippen LogP contribution in [0.3, 0.4) is 0 Å². The van der Waals surface area contributed by atoms with E-state index in [2.05, 4.69) is 5.10 Å². The quantitative estimate of drug-likeness (QED) is 0.361. The van der Waals surface area contributed by atoms with Gasteiger partial charge in [0.25, 0.3) is 0 Å². The predicted molar refractivity (Wildman–Crippen MR) is 132 cm³/mol. The minimum Gasteiger partial charge on any atom is -0.382 e. The fourth-order valence-corrected chi connectivity index (χ4v) is 6.43. The van der Waals surface area contributed by atoms with Crippen LogP contribution in [-0.4, -0.2) is 27.9 Å². The third-order valence-corrected chi connectivity index (χ3v) is 9.67. The lowest BCUT2D eigenvalue weighted by molar-refractivity contribution is 0.560. The number of anilines is 1. The summed E-state index contributed by atoms with van der Waals surface area (Å²) in [6.45, 7) is 4.91. The van der Waals surface area contributed by atoms with Gasteiger partial charge in [0.2, 0.25) is 5.13 Å². The van der Waals surface area contributed by atoms with Crippen molar-refractivity contribution in [3.63, 3.8) is 0 Å². The van der Waals surface area contributed by atoms with E-state index in [1.165, 1.54) is 22.2 Å². The molecular weight excluding hydrogens is 484 g/mol. The first-order valence-corrected chi connectivity index (χ1v) is 13.2. The monoisotopic (exact) mass is 504 g/mol. The fraction of sp³-hybridized carbons (Fsp3) is 0.182. The van der Waals surface area contributed by atoms with E-state index in [0.29, 0.717) is 10.2 Å². The van der Waals surface area contributed by atoms with Crippen LogP contribution in [0.2, 0.25) is 5.02 Å². The highest BCUT2D eigenvalue weighted by molar-refractivity contribution is 8.01. The standard InChI is InChI=1S/C22H21ClN4O2S3/c1-22(2,3)32(28,29)17-13-25-27(19(17)24)21-26-18(14-7-5-4-6-8-14)20(31-21)30-16-11-9-15(23)10-12-16/h4-13H,24H2,1-3H3. The number of nitrogen functional groups attached to an aromatic ring is 1. The SMILES string of the molecule is CC(C)(C)S(=O)(=O)c1cnn(-c2nc(-c3ccccc3)c(Sc3ccc(Cl)cc3)s2)c1N. The van der Waals surface area contributed by atoms with Gasteiger partial charge in [-0.2, -0.15) is 9.78 Å². The minimum atomic E-state index is -3.65. The normalized spacial score (nSPS) is 12.2. The zero-order valence-electron chi connectivity index (χ0n) is 17.6. The molecule has 0 saturated heterocycles. The van der Waals surface area contributed by atoms with Crippen LogP contribution < -0.4 is 5.73 Å². The average Bonchev–Trinajstić information content (AvgIpc) is 3.33. The molecule has 0 aliphatic carbocycles. The summed E-state index contributed by atoms with van der Waals surface area (Å²) in [6, 6.07) is 17.3. The first-order chi connectivity index (χ1) is 15.1. The maximum Gasteiger partial charge on any atom is 0.213 e. The molecule has 6 nitrogen and oxygen atoms in total. The third kappa shape index (κ3) is 4.30. The summed E-state index contributed by atoms with van der Waals surface area (Å²) in [7, 11) is -3.65. The Bertz CT molecular complexity index is 1360. The van der Waals surface area contributed by atoms with Crippen LogP contribution >= 0.6 is 34.7 Å². The molecular formula is C22H21ClN4O2S3. The Balaban J connectivity index is 1.81. The Labute approximate surface area is 200 Å². The van der Waals surface area contributed by atoms with E-state index in [1.54, 1.807) is 32.5 Å². The Morgan fingerprint density at radius 1 is 1.06 bits per heavy atom. The van der Waals surface area contributed by atoms with Crippen LogP contribution in [0.15, 0.2) is 74.8 Å². The van der Waals surface area contributed by atoms with Crippen molar-refractivity contribution in [2.75, 3.05) is 5.73 Å². The number of hydrogen-bond acceptors (Lipinski definition) is 7. The number of halogens is 1. The molecule has 10 heteroatoms. The van der Waals surface area contributed by atoms with E-state index in [4.69, 9.17) is 22.3 Å². The lowest BCUT2D eigenvalue weighted by Crippen LogP contribution is -2.28. The van der Waals surface area contributed by atoms with Crippen LogP contribution in [0.5, 0.6) is 0 Å². The van der Waals surface area contributed by atoms with Crippen molar-refractivity contribution in [2.45, 2.75) is 39.5 Å². The van der Waals surface area contributed by atoms with Crippen LogP contribution in [0.4, 0.5) is 5.82 Å². The van der Waals surface area contributed by atoms with E-state index in [1.807, 2.05) is 54.6 Å². The lowest BCUT2D eigenvalue weighted by atomic mass is 10.2. The minimum absolute atomic E-state index is 0.00775. The first-order valence-electron chi connectivity index (χ1n) is 9.66. The first kappa shape index (κ1) is 22.8. The molecule has 32 heavy (non-hydrogen) atoms. The van der Waals surface area contributed by atoms with Crippen molar-refractivity contribution in [1.29, 1.82) is 0 Å². The number of hydrogen-bond donors (Lipinski definition) is 1. The number of nitrogens with two attached hydrogens (primary N) is 1. The molecule has 0 aliphatic heterocycles. The highest BCUT2D eigenvalue weighted by atomic mass is 35.5. The molecule has 4 rings (SSSR count). The summed E-state index contributed by atoms with van der Waals surface area (Å²) in [6.07, 6.45) is 1.30. The van der Waals surface area contributed by atoms with Crippen molar-refractivity contribution >= 4 is 50.4 Å². The lowest BCUT2D eigenvalue weighted by Gasteiger charge is -2.18. The van der Waals surface area contributed by atoms with Gasteiger partial charge in [-0.1, -0.05) is 65.0 Å². The van der Waals surface area contributed by atoms with Crippen molar-refractivity contribution in [1.82, 2.24) is 14.8 Å². The van der Waals surface area contributed by atoms with Crippen molar-refractivity contribution in [2.24, 2.45) is 0 Å². The fourth-order valence-electron chi connectivity index (χ4n) is 2.88. The van der Waals surface area contributed by atoms with Gasteiger partial charge in [-0.25, -0.2) is 13.4 Å². The smallest absolute Gasteiger partial charge is 0.213 e. The van der Waals surface area contributed by atoms with Crippen molar-refractivity contribution in [3.05, 3.63) is 65.8 Å². The molecule has 0 spiro atoms. The summed E-state index contributed by atoms with van der Waals surface area (Å²) in [4.78, 5) is 5.79. The second-order valence-corrected chi connectivity index (χ2v) is 13.4. The van der Waals surface area contributed by atoms with Crippen LogP contribution in [0.25, 0.3) is 16.4 Å². The van der Waals surface area contributed by atoms with E-state index in [-0.39, 0.29) is 10.7 Å². The molecule has 166 valence electrons. The molecule has 0 unspecified atom stereocenters. The molecule has 0 saturated carbocycles. The molecule has 0 aliphatic rings. The maximum atomic E-state index is 12.9. The van der Waals surface area contributed by atoms with Gasteiger partial charge >= 0.3 is 0 Å². The van der Waals surface area contributed by atoms with Gasteiger partial charge in [-0.3, -0.25) is 0 Å². The molecule has 2 N–H and O–H groups in total. The molecule has 0 radical (unpaired) electrons. The van der Waals surface area contributed by atoms with Gasteiger partial charge in [0.05, 0.1) is 20.8 Å². The molecule has 2 heterocycles. The van der Waals surface area contributed by atoms with Crippen LogP contribution in [0, 0.1) is 0 Å². The van der Waals surface area contributed by atoms with Gasteiger partial charge in [0, 0.05) is 15.5 Å². The zero-order valence-corrected chi connectivity index (χ0v) is 20.8. The maximum absolute atomic E-state index is 12.9. The molecule has 0 atom stereocenters. The van der Waals surface area contributed by atoms with Gasteiger partial charge < -0.3 is 5.73 Å². The molecule has 0 amide bonds. The molecule has 4 aromatic rings. The van der Waals surface area contributed by atoms with Gasteiger partial charge in [0.15, 0.2) is 9.84 Å². The highest BCUT2D eigenvalue weighted by Gasteiger charge is 2.35. The molecule has 2 aromatic carbocycles. The Morgan fingerprint density at radius 3 is 2.34 bits per heavy atom. The van der Waals surface area contributed by atoms with E-state index >= 15 is 0 Å². The summed E-state index contributed by atoms with van der Waals surface area (Å²) < 4.78 is 27.2. The zero-order chi connectivity index (χ0) is 23.1. The van der Waals surface area contributed by atoms with Gasteiger partial charge in [-0.15, -0.1) is 0 Å². The molecule has 2 aromatic heterocycles. The van der Waals surface area contributed by atoms with E-state index < -0.39 is 14.6 Å². The number of thiazole rings is 1.